The van der Waals surface area contributed by atoms with Gasteiger partial charge in [0.05, 0.1) is 11.4 Å². The van der Waals surface area contributed by atoms with Gasteiger partial charge in [-0.05, 0) is 95.6 Å². The molecule has 17 rings (SSSR count). The third-order valence-electron chi connectivity index (χ3n) is 16.4. The van der Waals surface area contributed by atoms with Crippen LogP contribution in [0.1, 0.15) is 0 Å². The van der Waals surface area contributed by atoms with Crippen molar-refractivity contribution < 1.29 is 4.42 Å². The normalized spacial score (nSPS) is 13.0. The van der Waals surface area contributed by atoms with E-state index in [1.54, 1.807) is 0 Å². The summed E-state index contributed by atoms with van der Waals surface area (Å²) in [5.41, 5.74) is 17.3. The quantitative estimate of drug-likeness (QED) is 0.129. The lowest BCUT2D eigenvalue weighted by molar-refractivity contribution is 0.669. The SMILES string of the molecule is c1ccc(-c2c(N3c4cc5oc6ccccc6c5cc4B4c5cc6c(cc5N(c5c(-c7ccccc7)c7ccccc7c7ccccc57)c5cccc3c54)sc3ccccc36)c3ccccc3c3ccccc23)cc1. The Morgan fingerprint density at radius 3 is 1.31 bits per heavy atom. The van der Waals surface area contributed by atoms with E-state index in [9.17, 15) is 0 Å². The van der Waals surface area contributed by atoms with Gasteiger partial charge in [-0.15, -0.1) is 11.3 Å². The molecule has 0 spiro atoms. The first-order chi connectivity index (χ1) is 37.2. The van der Waals surface area contributed by atoms with Crippen molar-refractivity contribution in [3.05, 3.63) is 249 Å². The van der Waals surface area contributed by atoms with Gasteiger partial charge in [0.2, 0.25) is 0 Å². The lowest BCUT2D eigenvalue weighted by atomic mass is 9.33. The van der Waals surface area contributed by atoms with Crippen LogP contribution in [0.3, 0.4) is 0 Å². The predicted octanol–water partition coefficient (Wildman–Crippen LogP) is 18.0. The van der Waals surface area contributed by atoms with E-state index < -0.39 is 0 Å². The number of thiophene rings is 1. The molecule has 4 heterocycles. The monoisotopic (exact) mass is 968 g/mol. The number of hydrogen-bond donors (Lipinski definition) is 0. The van der Waals surface area contributed by atoms with Crippen LogP contribution in [0.2, 0.25) is 0 Å². The highest BCUT2D eigenvalue weighted by Crippen LogP contribution is 2.55. The van der Waals surface area contributed by atoms with Crippen LogP contribution < -0.4 is 26.2 Å². The highest BCUT2D eigenvalue weighted by Gasteiger charge is 2.45. The molecular weight excluding hydrogens is 928 g/mol. The van der Waals surface area contributed by atoms with Crippen LogP contribution in [0.4, 0.5) is 34.1 Å². The van der Waals surface area contributed by atoms with E-state index in [0.29, 0.717) is 0 Å². The first-order valence-electron chi connectivity index (χ1n) is 25.9. The molecule has 0 bridgehead atoms. The van der Waals surface area contributed by atoms with Crippen molar-refractivity contribution in [2.75, 3.05) is 9.80 Å². The van der Waals surface area contributed by atoms with Crippen LogP contribution in [0, 0.1) is 0 Å². The zero-order valence-electron chi connectivity index (χ0n) is 40.5. The fourth-order valence-corrected chi connectivity index (χ4v) is 14.5. The van der Waals surface area contributed by atoms with Crippen molar-refractivity contribution in [2.45, 2.75) is 0 Å². The van der Waals surface area contributed by atoms with Crippen LogP contribution in [0.15, 0.2) is 253 Å². The van der Waals surface area contributed by atoms with E-state index in [2.05, 4.69) is 259 Å². The van der Waals surface area contributed by atoms with Gasteiger partial charge in [-0.1, -0.05) is 212 Å². The maximum atomic E-state index is 6.91. The molecule has 2 aromatic heterocycles. The molecule has 0 fully saturated rings. The summed E-state index contributed by atoms with van der Waals surface area (Å²) >= 11 is 1.89. The second kappa shape index (κ2) is 15.6. The Bertz CT molecular complexity index is 4620. The fraction of sp³-hybridized carbons (Fsp3) is 0. The summed E-state index contributed by atoms with van der Waals surface area (Å²) in [6.45, 7) is -0.145. The molecule has 5 heteroatoms. The minimum atomic E-state index is -0.145. The molecule has 0 saturated heterocycles. The topological polar surface area (TPSA) is 19.6 Å². The Labute approximate surface area is 436 Å². The standard InChI is InChI=1S/C70H41BN2OS/c1-3-20-42(21-4-1)66-50-30-11-7-24-44(50)46-26-9-13-32-52(46)69(66)72-58-34-19-35-59-68(58)71(56-38-54-48-28-15-17-36-62(48)74-63(54)40-60(56)72)57-39-55-49-29-16-18-37-64(49)75-65(55)41-61(57)73(59)70-53-33-14-10-27-47(53)45-25-8-12-31-51(45)67(70)43-22-5-2-6-23-43/h1-41H. The van der Waals surface area contributed by atoms with Gasteiger partial charge in [-0.25, -0.2) is 0 Å². The lowest BCUT2D eigenvalue weighted by Gasteiger charge is -2.45. The van der Waals surface area contributed by atoms with Crippen molar-refractivity contribution in [2.24, 2.45) is 0 Å². The third-order valence-corrected chi connectivity index (χ3v) is 17.5. The summed E-state index contributed by atoms with van der Waals surface area (Å²) < 4.78 is 9.47. The molecule has 0 unspecified atom stereocenters. The molecule has 346 valence electrons. The molecule has 0 atom stereocenters. The summed E-state index contributed by atoms with van der Waals surface area (Å²) in [5.74, 6) is 0. The van der Waals surface area contributed by atoms with E-state index >= 15 is 0 Å². The minimum Gasteiger partial charge on any atom is -0.456 e. The van der Waals surface area contributed by atoms with Crippen LogP contribution >= 0.6 is 11.3 Å². The number of hydrogen-bond acceptors (Lipinski definition) is 4. The molecule has 15 aromatic rings. The van der Waals surface area contributed by atoms with Crippen LogP contribution in [0.25, 0.3) is 107 Å². The molecule has 0 amide bonds. The molecule has 13 aromatic carbocycles. The number of fused-ring (bicyclic) bond motifs is 16. The molecule has 0 radical (unpaired) electrons. The van der Waals surface area contributed by atoms with E-state index in [1.807, 2.05) is 11.3 Å². The van der Waals surface area contributed by atoms with Gasteiger partial charge < -0.3 is 14.2 Å². The Hall–Kier alpha value is -9.42. The second-order valence-electron chi connectivity index (χ2n) is 20.2. The van der Waals surface area contributed by atoms with Crippen molar-refractivity contribution >= 4 is 154 Å². The Kier molecular flexibility index (Phi) is 8.52. The minimum absolute atomic E-state index is 0.145. The van der Waals surface area contributed by atoms with Gasteiger partial charge in [0.1, 0.15) is 11.2 Å². The molecule has 0 aliphatic carbocycles. The molecule has 3 nitrogen and oxygen atoms in total. The second-order valence-corrected chi connectivity index (χ2v) is 21.3. The fourth-order valence-electron chi connectivity index (χ4n) is 13.4. The van der Waals surface area contributed by atoms with Crippen molar-refractivity contribution in [1.29, 1.82) is 0 Å². The Balaban J connectivity index is 1.08. The van der Waals surface area contributed by atoms with Gasteiger partial charge >= 0.3 is 0 Å². The van der Waals surface area contributed by atoms with Crippen molar-refractivity contribution in [3.63, 3.8) is 0 Å². The number of para-hydroxylation sites is 1. The first-order valence-corrected chi connectivity index (χ1v) is 26.7. The average Bonchev–Trinajstić information content (AvgIpc) is 4.05. The predicted molar refractivity (Wildman–Crippen MR) is 322 cm³/mol. The first kappa shape index (κ1) is 41.1. The zero-order chi connectivity index (χ0) is 48.9. The van der Waals surface area contributed by atoms with Gasteiger partial charge in [-0.3, -0.25) is 0 Å². The van der Waals surface area contributed by atoms with Gasteiger partial charge in [0.15, 0.2) is 0 Å². The highest BCUT2D eigenvalue weighted by molar-refractivity contribution is 7.26. The summed E-state index contributed by atoms with van der Waals surface area (Å²) in [5, 5.41) is 14.6. The van der Waals surface area contributed by atoms with E-state index in [1.165, 1.54) is 119 Å². The van der Waals surface area contributed by atoms with E-state index in [0.717, 1.165) is 39.0 Å². The van der Waals surface area contributed by atoms with Gasteiger partial charge in [-0.2, -0.15) is 0 Å². The summed E-state index contributed by atoms with van der Waals surface area (Å²) in [4.78, 5) is 5.28. The van der Waals surface area contributed by atoms with E-state index in [4.69, 9.17) is 4.42 Å². The van der Waals surface area contributed by atoms with Crippen LogP contribution in [-0.2, 0) is 0 Å². The van der Waals surface area contributed by atoms with Crippen LogP contribution in [-0.4, -0.2) is 6.71 Å². The zero-order valence-corrected chi connectivity index (χ0v) is 41.3. The summed E-state index contributed by atoms with van der Waals surface area (Å²) in [6, 6.07) is 92.6. The smallest absolute Gasteiger partial charge is 0.252 e. The van der Waals surface area contributed by atoms with Crippen molar-refractivity contribution in [3.8, 4) is 22.3 Å². The summed E-state index contributed by atoms with van der Waals surface area (Å²) in [6.07, 6.45) is 0. The Morgan fingerprint density at radius 1 is 0.293 bits per heavy atom. The maximum Gasteiger partial charge on any atom is 0.252 e. The summed E-state index contributed by atoms with van der Waals surface area (Å²) in [7, 11) is 0. The number of benzene rings is 13. The van der Waals surface area contributed by atoms with Crippen LogP contribution in [0.5, 0.6) is 0 Å². The molecule has 2 aliphatic heterocycles. The average molecular weight is 969 g/mol. The number of furan rings is 1. The Morgan fingerprint density at radius 2 is 0.733 bits per heavy atom. The molecule has 0 saturated carbocycles. The molecule has 0 N–H and O–H groups in total. The number of rotatable bonds is 4. The molecular formula is C70H41BN2OS. The van der Waals surface area contributed by atoms with E-state index in [-0.39, 0.29) is 6.71 Å². The highest BCUT2D eigenvalue weighted by atomic mass is 32.1. The third kappa shape index (κ3) is 5.70. The number of nitrogens with zero attached hydrogens (tertiary/aromatic N) is 2. The van der Waals surface area contributed by atoms with Crippen molar-refractivity contribution in [1.82, 2.24) is 0 Å². The number of anilines is 6. The van der Waals surface area contributed by atoms with Gasteiger partial charge in [0, 0.05) is 76.3 Å². The molecule has 2 aliphatic rings. The lowest BCUT2D eigenvalue weighted by Crippen LogP contribution is -2.61. The van der Waals surface area contributed by atoms with Gasteiger partial charge in [0.25, 0.3) is 6.71 Å². The largest absolute Gasteiger partial charge is 0.456 e. The maximum absolute atomic E-state index is 6.91. The molecule has 75 heavy (non-hydrogen) atoms.